The minimum atomic E-state index is -0.267. The van der Waals surface area contributed by atoms with Crippen molar-refractivity contribution in [1.82, 2.24) is 0 Å². The summed E-state index contributed by atoms with van der Waals surface area (Å²) in [4.78, 5) is 12.3. The number of hydrogen-bond acceptors (Lipinski definition) is 2. The lowest BCUT2D eigenvalue weighted by atomic mass is 9.90. The normalized spacial score (nSPS) is 21.0. The molecule has 0 atom stereocenters. The van der Waals surface area contributed by atoms with E-state index in [1.54, 1.807) is 12.1 Å². The van der Waals surface area contributed by atoms with Crippen molar-refractivity contribution in [2.75, 3.05) is 13.1 Å². The summed E-state index contributed by atoms with van der Waals surface area (Å²) in [6, 6.07) is 17.8. The van der Waals surface area contributed by atoms with Gasteiger partial charge in [0.1, 0.15) is 6.54 Å². The number of hydrogen-bond donors (Lipinski definition) is 1. The number of nitrogens with zero attached hydrogens (tertiary/aromatic N) is 1. The molecule has 1 aliphatic heterocycles. The first-order chi connectivity index (χ1) is 11.2. The monoisotopic (exact) mass is 311 g/mol. The SMILES string of the molecule is O=[N+]([O-])c1ccccc1C[NH+]1CCC(Cc2ccccc2)CC1. The van der Waals surface area contributed by atoms with E-state index < -0.39 is 0 Å². The molecule has 2 aromatic rings. The van der Waals surface area contributed by atoms with Crippen molar-refractivity contribution < 1.29 is 9.82 Å². The highest BCUT2D eigenvalue weighted by atomic mass is 16.6. The molecule has 0 aromatic heterocycles. The molecule has 0 radical (unpaired) electrons. The summed E-state index contributed by atoms with van der Waals surface area (Å²) in [7, 11) is 0. The number of nitro groups is 1. The van der Waals surface area contributed by atoms with E-state index in [-0.39, 0.29) is 10.6 Å². The zero-order chi connectivity index (χ0) is 16.1. The van der Waals surface area contributed by atoms with Crippen LogP contribution in [0, 0.1) is 16.0 Å². The lowest BCUT2D eigenvalue weighted by Gasteiger charge is -2.29. The predicted molar refractivity (Wildman–Crippen MR) is 90.4 cm³/mol. The fourth-order valence-corrected chi connectivity index (χ4v) is 3.52. The van der Waals surface area contributed by atoms with E-state index in [1.165, 1.54) is 23.3 Å². The molecular weight excluding hydrogens is 288 g/mol. The molecule has 2 aromatic carbocycles. The van der Waals surface area contributed by atoms with Crippen molar-refractivity contribution in [3.63, 3.8) is 0 Å². The maximum Gasteiger partial charge on any atom is 0.278 e. The Hall–Kier alpha value is -2.20. The van der Waals surface area contributed by atoms with E-state index in [9.17, 15) is 10.1 Å². The summed E-state index contributed by atoms with van der Waals surface area (Å²) in [5, 5.41) is 11.1. The van der Waals surface area contributed by atoms with Crippen LogP contribution in [0.5, 0.6) is 0 Å². The molecule has 4 nitrogen and oxygen atoms in total. The third-order valence-electron chi connectivity index (χ3n) is 4.81. The maximum absolute atomic E-state index is 11.1. The lowest BCUT2D eigenvalue weighted by molar-refractivity contribution is -0.919. The maximum atomic E-state index is 11.1. The third-order valence-corrected chi connectivity index (χ3v) is 4.81. The van der Waals surface area contributed by atoms with Gasteiger partial charge in [-0.05, 0) is 36.8 Å². The molecule has 1 fully saturated rings. The van der Waals surface area contributed by atoms with Crippen molar-refractivity contribution in [3.05, 3.63) is 75.8 Å². The van der Waals surface area contributed by atoms with Gasteiger partial charge in [0.25, 0.3) is 5.69 Å². The second-order valence-electron chi connectivity index (χ2n) is 6.45. The standard InChI is InChI=1S/C19H22N2O2/c22-21(23)19-9-5-4-8-18(19)15-20-12-10-17(11-13-20)14-16-6-2-1-3-7-16/h1-9,17H,10-15H2/p+1. The van der Waals surface area contributed by atoms with Gasteiger partial charge >= 0.3 is 0 Å². The van der Waals surface area contributed by atoms with Gasteiger partial charge < -0.3 is 4.90 Å². The van der Waals surface area contributed by atoms with Crippen molar-refractivity contribution in [3.8, 4) is 0 Å². The quantitative estimate of drug-likeness (QED) is 0.681. The second kappa shape index (κ2) is 7.38. The predicted octanol–water partition coefficient (Wildman–Crippen LogP) is 2.63. The van der Waals surface area contributed by atoms with Gasteiger partial charge in [-0.2, -0.15) is 0 Å². The van der Waals surface area contributed by atoms with Crippen LogP contribution in [0.1, 0.15) is 24.0 Å². The molecule has 0 bridgehead atoms. The Balaban J connectivity index is 1.54. The molecule has 0 aliphatic carbocycles. The highest BCUT2D eigenvalue weighted by molar-refractivity contribution is 5.39. The highest BCUT2D eigenvalue weighted by Crippen LogP contribution is 2.19. The van der Waals surface area contributed by atoms with E-state index in [2.05, 4.69) is 30.3 Å². The van der Waals surface area contributed by atoms with Gasteiger partial charge in [-0.3, -0.25) is 10.1 Å². The van der Waals surface area contributed by atoms with Gasteiger partial charge in [-0.1, -0.05) is 42.5 Å². The minimum Gasteiger partial charge on any atom is -0.331 e. The number of likely N-dealkylation sites (tertiary alicyclic amines) is 1. The number of para-hydroxylation sites is 1. The van der Waals surface area contributed by atoms with E-state index >= 15 is 0 Å². The first-order valence-electron chi connectivity index (χ1n) is 8.32. The van der Waals surface area contributed by atoms with Crippen LogP contribution < -0.4 is 4.90 Å². The number of quaternary nitrogens is 1. The largest absolute Gasteiger partial charge is 0.331 e. The van der Waals surface area contributed by atoms with Gasteiger partial charge in [0.15, 0.2) is 0 Å². The van der Waals surface area contributed by atoms with Crippen molar-refractivity contribution >= 4 is 5.69 Å². The number of nitrogens with one attached hydrogen (secondary N) is 1. The molecule has 1 aliphatic rings. The van der Waals surface area contributed by atoms with E-state index in [0.29, 0.717) is 0 Å². The van der Waals surface area contributed by atoms with Crippen LogP contribution in [-0.4, -0.2) is 18.0 Å². The first-order valence-corrected chi connectivity index (χ1v) is 8.32. The molecule has 23 heavy (non-hydrogen) atoms. The summed E-state index contributed by atoms with van der Waals surface area (Å²) >= 11 is 0. The number of rotatable bonds is 5. The smallest absolute Gasteiger partial charge is 0.278 e. The Morgan fingerprint density at radius 1 is 1.00 bits per heavy atom. The zero-order valence-corrected chi connectivity index (χ0v) is 13.3. The van der Waals surface area contributed by atoms with E-state index in [4.69, 9.17) is 0 Å². The molecular formula is C19H23N2O2+. The summed E-state index contributed by atoms with van der Waals surface area (Å²) in [6.07, 6.45) is 3.55. The zero-order valence-electron chi connectivity index (χ0n) is 13.3. The number of nitro benzene ring substituents is 1. The molecule has 0 unspecified atom stereocenters. The van der Waals surface area contributed by atoms with Gasteiger partial charge in [0.05, 0.1) is 23.6 Å². The Bertz CT molecular complexity index is 649. The van der Waals surface area contributed by atoms with Crippen LogP contribution in [0.3, 0.4) is 0 Å². The van der Waals surface area contributed by atoms with E-state index in [0.717, 1.165) is 37.5 Å². The molecule has 0 saturated carbocycles. The average molecular weight is 311 g/mol. The van der Waals surface area contributed by atoms with Crippen molar-refractivity contribution in [2.24, 2.45) is 5.92 Å². The molecule has 0 spiro atoms. The summed E-state index contributed by atoms with van der Waals surface area (Å²) < 4.78 is 0. The van der Waals surface area contributed by atoms with Gasteiger partial charge in [-0.25, -0.2) is 0 Å². The third kappa shape index (κ3) is 4.17. The minimum absolute atomic E-state index is 0.256. The Labute approximate surface area is 136 Å². The average Bonchev–Trinajstić information content (AvgIpc) is 2.58. The second-order valence-corrected chi connectivity index (χ2v) is 6.45. The Morgan fingerprint density at radius 3 is 2.35 bits per heavy atom. The van der Waals surface area contributed by atoms with Gasteiger partial charge in [0, 0.05) is 6.07 Å². The number of piperidine rings is 1. The topological polar surface area (TPSA) is 47.6 Å². The molecule has 0 amide bonds. The molecule has 1 heterocycles. The summed E-state index contributed by atoms with van der Waals surface area (Å²) in [5.74, 6) is 0.743. The van der Waals surface area contributed by atoms with Crippen LogP contribution in [0.15, 0.2) is 54.6 Å². The molecule has 1 saturated heterocycles. The van der Waals surface area contributed by atoms with Crippen LogP contribution in [0.25, 0.3) is 0 Å². The molecule has 1 N–H and O–H groups in total. The van der Waals surface area contributed by atoms with Crippen LogP contribution >= 0.6 is 0 Å². The molecule has 3 rings (SSSR count). The van der Waals surface area contributed by atoms with Crippen molar-refractivity contribution in [2.45, 2.75) is 25.8 Å². The highest BCUT2D eigenvalue weighted by Gasteiger charge is 2.24. The van der Waals surface area contributed by atoms with Crippen LogP contribution in [0.4, 0.5) is 5.69 Å². The molecule has 120 valence electrons. The lowest BCUT2D eigenvalue weighted by Crippen LogP contribution is -3.11. The summed E-state index contributed by atoms with van der Waals surface area (Å²) in [6.45, 7) is 2.96. The van der Waals surface area contributed by atoms with Crippen LogP contribution in [-0.2, 0) is 13.0 Å². The van der Waals surface area contributed by atoms with Gasteiger partial charge in [-0.15, -0.1) is 0 Å². The van der Waals surface area contributed by atoms with Crippen molar-refractivity contribution in [1.29, 1.82) is 0 Å². The first kappa shape index (κ1) is 15.7. The van der Waals surface area contributed by atoms with Gasteiger partial charge in [0.2, 0.25) is 0 Å². The summed E-state index contributed by atoms with van der Waals surface area (Å²) in [5.41, 5.74) is 2.53. The fourth-order valence-electron chi connectivity index (χ4n) is 3.52. The Morgan fingerprint density at radius 2 is 1.65 bits per heavy atom. The molecule has 4 heteroatoms. The number of benzene rings is 2. The fraction of sp³-hybridized carbons (Fsp3) is 0.368. The van der Waals surface area contributed by atoms with E-state index in [1.807, 2.05) is 12.1 Å². The van der Waals surface area contributed by atoms with Crippen LogP contribution in [0.2, 0.25) is 0 Å². The Kier molecular flexibility index (Phi) is 5.03.